The van der Waals surface area contributed by atoms with Crippen molar-refractivity contribution in [3.8, 4) is 6.07 Å². The van der Waals surface area contributed by atoms with Crippen molar-refractivity contribution >= 4 is 0 Å². The zero-order valence-electron chi connectivity index (χ0n) is 6.06. The van der Waals surface area contributed by atoms with Crippen LogP contribution in [-0.4, -0.2) is 4.98 Å². The van der Waals surface area contributed by atoms with Gasteiger partial charge in [0.1, 0.15) is 11.9 Å². The standard InChI is InChI=1S/C7H2F4N2/c8-5-1-4(2-12)6(13-3-5)7(9,10)11/h1,3H. The van der Waals surface area contributed by atoms with E-state index in [0.717, 1.165) is 0 Å². The lowest BCUT2D eigenvalue weighted by Gasteiger charge is -2.06. The second-order valence-electron chi connectivity index (χ2n) is 2.16. The maximum atomic E-state index is 12.3. The Hall–Kier alpha value is -1.64. The summed E-state index contributed by atoms with van der Waals surface area (Å²) in [6.07, 6.45) is -4.30. The second-order valence-corrected chi connectivity index (χ2v) is 2.16. The molecule has 0 spiro atoms. The first-order chi connectivity index (χ1) is 5.95. The van der Waals surface area contributed by atoms with Crippen LogP contribution in [-0.2, 0) is 6.18 Å². The fourth-order valence-electron chi connectivity index (χ4n) is 0.750. The molecule has 0 aliphatic heterocycles. The molecule has 6 heteroatoms. The van der Waals surface area contributed by atoms with E-state index in [1.165, 1.54) is 6.07 Å². The molecule has 0 bridgehead atoms. The van der Waals surface area contributed by atoms with Crippen LogP contribution in [0.3, 0.4) is 0 Å². The van der Waals surface area contributed by atoms with Gasteiger partial charge in [-0.15, -0.1) is 0 Å². The predicted molar refractivity (Wildman–Crippen MR) is 33.9 cm³/mol. The lowest BCUT2D eigenvalue weighted by molar-refractivity contribution is -0.141. The number of hydrogen-bond donors (Lipinski definition) is 0. The molecule has 0 amide bonds. The molecule has 13 heavy (non-hydrogen) atoms. The van der Waals surface area contributed by atoms with Crippen LogP contribution in [0.1, 0.15) is 11.3 Å². The Morgan fingerprint density at radius 1 is 1.38 bits per heavy atom. The number of halogens is 4. The maximum Gasteiger partial charge on any atom is 0.434 e. The number of nitrogens with zero attached hydrogens (tertiary/aromatic N) is 2. The minimum atomic E-state index is -4.72. The van der Waals surface area contributed by atoms with E-state index in [2.05, 4.69) is 4.98 Å². The van der Waals surface area contributed by atoms with E-state index >= 15 is 0 Å². The van der Waals surface area contributed by atoms with E-state index in [1.54, 1.807) is 0 Å². The zero-order valence-corrected chi connectivity index (χ0v) is 6.06. The molecule has 0 aliphatic carbocycles. The Labute approximate surface area is 70.4 Å². The number of aromatic nitrogens is 1. The average Bonchev–Trinajstić information content (AvgIpc) is 2.01. The van der Waals surface area contributed by atoms with Gasteiger partial charge in [-0.25, -0.2) is 9.37 Å². The molecular weight excluding hydrogens is 188 g/mol. The summed E-state index contributed by atoms with van der Waals surface area (Å²) in [6.45, 7) is 0. The van der Waals surface area contributed by atoms with E-state index < -0.39 is 23.3 Å². The molecule has 0 N–H and O–H groups in total. The third-order valence-corrected chi connectivity index (χ3v) is 1.24. The van der Waals surface area contributed by atoms with Crippen molar-refractivity contribution in [3.63, 3.8) is 0 Å². The molecule has 2 nitrogen and oxygen atoms in total. The topological polar surface area (TPSA) is 36.7 Å². The van der Waals surface area contributed by atoms with E-state index in [4.69, 9.17) is 5.26 Å². The summed E-state index contributed by atoms with van der Waals surface area (Å²) < 4.78 is 48.4. The highest BCUT2D eigenvalue weighted by atomic mass is 19.4. The molecule has 1 rings (SSSR count). The molecule has 0 radical (unpaired) electrons. The van der Waals surface area contributed by atoms with Crippen molar-refractivity contribution in [2.24, 2.45) is 0 Å². The molecule has 0 saturated heterocycles. The van der Waals surface area contributed by atoms with Crippen LogP contribution >= 0.6 is 0 Å². The van der Waals surface area contributed by atoms with Crippen molar-refractivity contribution < 1.29 is 17.6 Å². The molecule has 0 unspecified atom stereocenters. The lowest BCUT2D eigenvalue weighted by atomic mass is 10.2. The van der Waals surface area contributed by atoms with Gasteiger partial charge in [0.15, 0.2) is 5.69 Å². The van der Waals surface area contributed by atoms with Gasteiger partial charge in [-0.05, 0) is 6.07 Å². The van der Waals surface area contributed by atoms with Gasteiger partial charge in [-0.3, -0.25) is 0 Å². The molecule has 1 aromatic rings. The molecule has 0 saturated carbocycles. The highest BCUT2D eigenvalue weighted by Crippen LogP contribution is 2.29. The summed E-state index contributed by atoms with van der Waals surface area (Å²) in [5, 5.41) is 8.25. The molecule has 0 aliphatic rings. The van der Waals surface area contributed by atoms with Crippen LogP contribution in [0.25, 0.3) is 0 Å². The van der Waals surface area contributed by atoms with E-state index in [1.807, 2.05) is 0 Å². The number of nitriles is 1. The molecule has 0 atom stereocenters. The van der Waals surface area contributed by atoms with E-state index in [-0.39, 0.29) is 0 Å². The predicted octanol–water partition coefficient (Wildman–Crippen LogP) is 2.11. The highest BCUT2D eigenvalue weighted by molar-refractivity contribution is 5.34. The monoisotopic (exact) mass is 190 g/mol. The largest absolute Gasteiger partial charge is 0.434 e. The average molecular weight is 190 g/mol. The van der Waals surface area contributed by atoms with Crippen molar-refractivity contribution in [2.75, 3.05) is 0 Å². The molecule has 68 valence electrons. The first-order valence-electron chi connectivity index (χ1n) is 3.08. The second kappa shape index (κ2) is 3.01. The highest BCUT2D eigenvalue weighted by Gasteiger charge is 2.35. The lowest BCUT2D eigenvalue weighted by Crippen LogP contribution is -2.10. The fourth-order valence-corrected chi connectivity index (χ4v) is 0.750. The van der Waals surface area contributed by atoms with Crippen LogP contribution in [0.5, 0.6) is 0 Å². The molecular formula is C7H2F4N2. The van der Waals surface area contributed by atoms with Gasteiger partial charge in [0, 0.05) is 0 Å². The smallest absolute Gasteiger partial charge is 0.247 e. The van der Waals surface area contributed by atoms with Crippen molar-refractivity contribution in [2.45, 2.75) is 6.18 Å². The van der Waals surface area contributed by atoms with Crippen LogP contribution in [0.2, 0.25) is 0 Å². The van der Waals surface area contributed by atoms with Crippen LogP contribution < -0.4 is 0 Å². The van der Waals surface area contributed by atoms with Crippen molar-refractivity contribution in [1.82, 2.24) is 4.98 Å². The van der Waals surface area contributed by atoms with Crippen molar-refractivity contribution in [3.05, 3.63) is 29.3 Å². The van der Waals surface area contributed by atoms with Gasteiger partial charge in [0.05, 0.1) is 11.8 Å². The summed E-state index contributed by atoms with van der Waals surface area (Å²) in [5.41, 5.74) is -2.18. The first kappa shape index (κ1) is 9.45. The van der Waals surface area contributed by atoms with Crippen LogP contribution in [0, 0.1) is 17.1 Å². The minimum Gasteiger partial charge on any atom is -0.247 e. The quantitative estimate of drug-likeness (QED) is 0.587. The van der Waals surface area contributed by atoms with Crippen LogP contribution in [0.4, 0.5) is 17.6 Å². The van der Waals surface area contributed by atoms with Gasteiger partial charge in [-0.2, -0.15) is 18.4 Å². The third-order valence-electron chi connectivity index (χ3n) is 1.24. The summed E-state index contributed by atoms with van der Waals surface area (Å²) in [4.78, 5) is 2.80. The molecule has 0 fully saturated rings. The molecule has 0 aromatic carbocycles. The molecule has 1 aromatic heterocycles. The normalized spacial score (nSPS) is 11.0. The van der Waals surface area contributed by atoms with Crippen molar-refractivity contribution in [1.29, 1.82) is 5.26 Å². The zero-order chi connectivity index (χ0) is 10.1. The van der Waals surface area contributed by atoms with Gasteiger partial charge in [-0.1, -0.05) is 0 Å². The van der Waals surface area contributed by atoms with E-state index in [9.17, 15) is 17.6 Å². The van der Waals surface area contributed by atoms with E-state index in [0.29, 0.717) is 12.3 Å². The number of alkyl halides is 3. The van der Waals surface area contributed by atoms with Gasteiger partial charge in [0.2, 0.25) is 0 Å². The molecule has 1 heterocycles. The maximum absolute atomic E-state index is 12.3. The van der Waals surface area contributed by atoms with Gasteiger partial charge >= 0.3 is 6.18 Å². The summed E-state index contributed by atoms with van der Waals surface area (Å²) >= 11 is 0. The first-order valence-corrected chi connectivity index (χ1v) is 3.08. The Balaban J connectivity index is 3.32. The summed E-state index contributed by atoms with van der Waals surface area (Å²) in [6, 6.07) is 1.72. The van der Waals surface area contributed by atoms with Crippen LogP contribution in [0.15, 0.2) is 12.3 Å². The Morgan fingerprint density at radius 2 is 2.00 bits per heavy atom. The van der Waals surface area contributed by atoms with Gasteiger partial charge < -0.3 is 0 Å². The summed E-state index contributed by atoms with van der Waals surface area (Å²) in [5.74, 6) is -0.968. The Kier molecular flexibility index (Phi) is 2.19. The third kappa shape index (κ3) is 1.93. The van der Waals surface area contributed by atoms with Gasteiger partial charge in [0.25, 0.3) is 0 Å². The summed E-state index contributed by atoms with van der Waals surface area (Å²) in [7, 11) is 0. The fraction of sp³-hybridized carbons (Fsp3) is 0.143. The minimum absolute atomic E-state index is 0.420. The Bertz CT molecular complexity index is 364. The Morgan fingerprint density at radius 3 is 2.46 bits per heavy atom. The number of hydrogen-bond acceptors (Lipinski definition) is 2. The number of rotatable bonds is 0. The SMILES string of the molecule is N#Cc1cc(F)cnc1C(F)(F)F. The number of pyridine rings is 1.